The zero-order valence-electron chi connectivity index (χ0n) is 30.4. The predicted octanol–water partition coefficient (Wildman–Crippen LogP) is 14.8. The topological polar surface area (TPSA) is 29.3 Å². The number of anilines is 3. The van der Waals surface area contributed by atoms with Crippen LogP contribution in [0.1, 0.15) is 0 Å². The van der Waals surface area contributed by atoms with Crippen molar-refractivity contribution >= 4 is 39.1 Å². The number of hydrogen-bond acceptors (Lipinski definition) is 3. The number of pyridine rings is 1. The van der Waals surface area contributed by atoms with E-state index in [1.165, 1.54) is 50.1 Å². The van der Waals surface area contributed by atoms with Crippen LogP contribution in [0.25, 0.3) is 88.8 Å². The Morgan fingerprint density at radius 3 is 1.54 bits per heavy atom. The number of benzene rings is 8. The summed E-state index contributed by atoms with van der Waals surface area (Å²) in [4.78, 5) is 7.01. The molecule has 8 aromatic carbocycles. The van der Waals surface area contributed by atoms with Gasteiger partial charge < -0.3 is 9.32 Å². The largest absolute Gasteiger partial charge is 0.435 e. The SMILES string of the molecule is c1ccc(-c2ccc(N(c3ccc4c(c3)-c3ccccc3-c3ccccc3-c3ccccc3-4)c3cccc4c3oc3ncccc34)c(-c3ccccc3)c2)cc1. The second-order valence-electron chi connectivity index (χ2n) is 14.3. The summed E-state index contributed by atoms with van der Waals surface area (Å²) in [5.74, 6) is 0. The Labute approximate surface area is 325 Å². The molecule has 0 bridgehead atoms. The summed E-state index contributed by atoms with van der Waals surface area (Å²) < 4.78 is 6.68. The molecule has 262 valence electrons. The van der Waals surface area contributed by atoms with Gasteiger partial charge in [-0.15, -0.1) is 0 Å². The Bertz CT molecular complexity index is 3080. The van der Waals surface area contributed by atoms with Crippen LogP contribution >= 0.6 is 0 Å². The van der Waals surface area contributed by atoms with Crippen LogP contribution in [0.5, 0.6) is 0 Å². The molecule has 0 spiro atoms. The summed E-state index contributed by atoms with van der Waals surface area (Å²) in [6, 6.07) is 72.0. The van der Waals surface area contributed by atoms with Crippen molar-refractivity contribution in [3.8, 4) is 66.8 Å². The van der Waals surface area contributed by atoms with Crippen molar-refractivity contribution < 1.29 is 4.42 Å². The molecule has 0 saturated heterocycles. The summed E-state index contributed by atoms with van der Waals surface area (Å²) in [5.41, 5.74) is 18.7. The molecule has 0 unspecified atom stereocenters. The van der Waals surface area contributed by atoms with E-state index in [0.717, 1.165) is 50.1 Å². The molecule has 1 aliphatic carbocycles. The van der Waals surface area contributed by atoms with Crippen molar-refractivity contribution in [2.24, 2.45) is 0 Å². The van der Waals surface area contributed by atoms with Crippen molar-refractivity contribution in [3.05, 3.63) is 206 Å². The highest BCUT2D eigenvalue weighted by atomic mass is 16.3. The normalized spacial score (nSPS) is 11.6. The van der Waals surface area contributed by atoms with Crippen LogP contribution in [-0.2, 0) is 0 Å². The van der Waals surface area contributed by atoms with Crippen molar-refractivity contribution in [2.45, 2.75) is 0 Å². The van der Waals surface area contributed by atoms with Crippen molar-refractivity contribution in [3.63, 3.8) is 0 Å². The zero-order valence-corrected chi connectivity index (χ0v) is 30.4. The first-order chi connectivity index (χ1) is 27.8. The van der Waals surface area contributed by atoms with Crippen LogP contribution < -0.4 is 4.90 Å². The number of rotatable bonds is 5. The number of fused-ring (bicyclic) bond motifs is 11. The molecule has 2 aromatic heterocycles. The number of furan rings is 1. The van der Waals surface area contributed by atoms with E-state index >= 15 is 0 Å². The summed E-state index contributed by atoms with van der Waals surface area (Å²) in [6.07, 6.45) is 1.79. The summed E-state index contributed by atoms with van der Waals surface area (Å²) in [6.45, 7) is 0. The molecule has 0 aliphatic heterocycles. The molecule has 0 fully saturated rings. The average molecular weight is 715 g/mol. The highest BCUT2D eigenvalue weighted by molar-refractivity contribution is 6.11. The molecule has 0 amide bonds. The van der Waals surface area contributed by atoms with E-state index in [2.05, 4.69) is 204 Å². The lowest BCUT2D eigenvalue weighted by Crippen LogP contribution is -2.12. The van der Waals surface area contributed by atoms with Crippen LogP contribution in [0.15, 0.2) is 211 Å². The molecule has 11 rings (SSSR count). The van der Waals surface area contributed by atoms with Crippen LogP contribution in [0.3, 0.4) is 0 Å². The fourth-order valence-electron chi connectivity index (χ4n) is 8.58. The highest BCUT2D eigenvalue weighted by Gasteiger charge is 2.26. The fraction of sp³-hybridized carbons (Fsp3) is 0. The van der Waals surface area contributed by atoms with Gasteiger partial charge in [-0.2, -0.15) is 0 Å². The first-order valence-corrected chi connectivity index (χ1v) is 19.0. The molecule has 0 atom stereocenters. The third-order valence-electron chi connectivity index (χ3n) is 11.1. The monoisotopic (exact) mass is 714 g/mol. The Morgan fingerprint density at radius 2 is 0.893 bits per heavy atom. The summed E-state index contributed by atoms with van der Waals surface area (Å²) >= 11 is 0. The van der Waals surface area contributed by atoms with Crippen LogP contribution in [0.4, 0.5) is 17.1 Å². The Hall–Kier alpha value is -7.49. The van der Waals surface area contributed by atoms with Gasteiger partial charge in [0.15, 0.2) is 5.58 Å². The minimum Gasteiger partial charge on any atom is -0.435 e. The van der Waals surface area contributed by atoms with Gasteiger partial charge in [0.25, 0.3) is 0 Å². The minimum atomic E-state index is 0.625. The fourth-order valence-corrected chi connectivity index (χ4v) is 8.58. The Kier molecular flexibility index (Phi) is 7.49. The van der Waals surface area contributed by atoms with Crippen LogP contribution in [0, 0.1) is 0 Å². The van der Waals surface area contributed by atoms with Gasteiger partial charge in [0.05, 0.1) is 11.4 Å². The molecule has 1 aliphatic rings. The van der Waals surface area contributed by atoms with Crippen molar-refractivity contribution in [2.75, 3.05) is 4.90 Å². The summed E-state index contributed by atoms with van der Waals surface area (Å²) in [5, 5.41) is 2.02. The number of hydrogen-bond donors (Lipinski definition) is 0. The molecule has 3 heteroatoms. The lowest BCUT2D eigenvalue weighted by atomic mass is 9.81. The first-order valence-electron chi connectivity index (χ1n) is 19.0. The van der Waals surface area contributed by atoms with E-state index in [1.807, 2.05) is 6.07 Å². The molecule has 3 nitrogen and oxygen atoms in total. The standard InChI is InChI=1S/C53H34N2O/c1-3-15-35(16-4-1)37-28-31-50(48(33-37)36-17-5-2-6-18-36)55(51-27-13-25-46-47-26-14-32-54-53(47)56-52(46)51)38-29-30-45-43-23-10-9-21-41(43)39-19-7-8-20-40(39)42-22-11-12-24-44(42)49(45)34-38/h1-34H. The Morgan fingerprint density at radius 1 is 0.339 bits per heavy atom. The van der Waals surface area contributed by atoms with E-state index < -0.39 is 0 Å². The van der Waals surface area contributed by atoms with Crippen molar-refractivity contribution in [1.82, 2.24) is 4.98 Å². The molecular weight excluding hydrogens is 681 g/mol. The van der Waals surface area contributed by atoms with Crippen LogP contribution in [-0.4, -0.2) is 4.98 Å². The van der Waals surface area contributed by atoms with Gasteiger partial charge in [0.1, 0.15) is 0 Å². The van der Waals surface area contributed by atoms with Crippen molar-refractivity contribution in [1.29, 1.82) is 0 Å². The van der Waals surface area contributed by atoms with E-state index in [1.54, 1.807) is 6.20 Å². The smallest absolute Gasteiger partial charge is 0.227 e. The molecule has 56 heavy (non-hydrogen) atoms. The molecule has 10 aromatic rings. The average Bonchev–Trinajstić information content (AvgIpc) is 3.66. The third kappa shape index (κ3) is 5.17. The lowest BCUT2D eigenvalue weighted by molar-refractivity contribution is 0.654. The molecular formula is C53H34N2O. The van der Waals surface area contributed by atoms with Crippen LogP contribution in [0.2, 0.25) is 0 Å². The summed E-state index contributed by atoms with van der Waals surface area (Å²) in [7, 11) is 0. The maximum atomic E-state index is 6.68. The van der Waals surface area contributed by atoms with E-state index in [9.17, 15) is 0 Å². The van der Waals surface area contributed by atoms with Gasteiger partial charge in [-0.25, -0.2) is 4.98 Å². The predicted molar refractivity (Wildman–Crippen MR) is 232 cm³/mol. The van der Waals surface area contributed by atoms with Gasteiger partial charge >= 0.3 is 0 Å². The van der Waals surface area contributed by atoms with E-state index in [-0.39, 0.29) is 0 Å². The van der Waals surface area contributed by atoms with E-state index in [4.69, 9.17) is 4.42 Å². The van der Waals surface area contributed by atoms with Gasteiger partial charge in [-0.1, -0.05) is 158 Å². The second-order valence-corrected chi connectivity index (χ2v) is 14.3. The Balaban J connectivity index is 1.22. The maximum Gasteiger partial charge on any atom is 0.227 e. The highest BCUT2D eigenvalue weighted by Crippen LogP contribution is 2.51. The lowest BCUT2D eigenvalue weighted by Gasteiger charge is -2.30. The van der Waals surface area contributed by atoms with Gasteiger partial charge in [0.2, 0.25) is 5.71 Å². The molecule has 0 N–H and O–H groups in total. The number of aromatic nitrogens is 1. The molecule has 2 heterocycles. The number of nitrogens with zero attached hydrogens (tertiary/aromatic N) is 2. The van der Waals surface area contributed by atoms with E-state index in [0.29, 0.717) is 5.71 Å². The van der Waals surface area contributed by atoms with Gasteiger partial charge in [-0.05, 0) is 104 Å². The van der Waals surface area contributed by atoms with Gasteiger partial charge in [0, 0.05) is 28.2 Å². The minimum absolute atomic E-state index is 0.625. The number of para-hydroxylation sites is 1. The zero-order chi connectivity index (χ0) is 37.0. The van der Waals surface area contributed by atoms with Gasteiger partial charge in [-0.3, -0.25) is 0 Å². The molecule has 0 radical (unpaired) electrons. The molecule has 0 saturated carbocycles. The third-order valence-corrected chi connectivity index (χ3v) is 11.1. The second kappa shape index (κ2) is 13.1. The quantitative estimate of drug-likeness (QED) is 0.178. The first kappa shape index (κ1) is 32.0. The maximum absolute atomic E-state index is 6.68.